The lowest BCUT2D eigenvalue weighted by Crippen LogP contribution is -2.64. The van der Waals surface area contributed by atoms with E-state index in [0.29, 0.717) is 0 Å². The van der Waals surface area contributed by atoms with E-state index in [9.17, 15) is 0 Å². The van der Waals surface area contributed by atoms with Crippen molar-refractivity contribution in [1.82, 2.24) is 21.7 Å². The van der Waals surface area contributed by atoms with Gasteiger partial charge in [0, 0.05) is 0 Å². The van der Waals surface area contributed by atoms with Gasteiger partial charge in [-0.1, -0.05) is 23.2 Å². The number of rotatable bonds is 0. The third-order valence-electron chi connectivity index (χ3n) is 0.674. The Kier molecular flexibility index (Phi) is 2.30. The Morgan fingerprint density at radius 2 is 1.00 bits per heavy atom. The molecule has 0 amide bonds. The van der Waals surface area contributed by atoms with Gasteiger partial charge < -0.3 is 0 Å². The maximum Gasteiger partial charge on any atom is 0.160 e. The van der Waals surface area contributed by atoms with Crippen LogP contribution in [0.25, 0.3) is 0 Å². The number of hydrazine groups is 2. The molecule has 0 bridgehead atoms. The molecule has 48 valence electrons. The molecule has 1 heterocycles. The van der Waals surface area contributed by atoms with Gasteiger partial charge >= 0.3 is 0 Å². The minimum absolute atomic E-state index is 0.315. The predicted octanol–water partition coefficient (Wildman–Crippen LogP) is -0.767. The smallest absolute Gasteiger partial charge is 0.160 e. The van der Waals surface area contributed by atoms with Gasteiger partial charge in [-0.2, -0.15) is 0 Å². The summed E-state index contributed by atoms with van der Waals surface area (Å²) in [6.45, 7) is 0. The third-order valence-corrected chi connectivity index (χ3v) is 1.11. The van der Waals surface area contributed by atoms with Gasteiger partial charge in [-0.15, -0.1) is 0 Å². The van der Waals surface area contributed by atoms with Gasteiger partial charge in [0.2, 0.25) is 0 Å². The van der Waals surface area contributed by atoms with Crippen molar-refractivity contribution in [3.8, 4) is 0 Å². The summed E-state index contributed by atoms with van der Waals surface area (Å²) in [4.78, 5) is 0. The second-order valence-electron chi connectivity index (χ2n) is 1.30. The monoisotopic (exact) mass is 156 g/mol. The standard InChI is InChI=1S/C2H6Cl2N4/c3-1-5-7-2(4)8-6-1/h1-2,5-8H. The molecular formula is C2H6Cl2N4. The van der Waals surface area contributed by atoms with E-state index in [1.807, 2.05) is 0 Å². The van der Waals surface area contributed by atoms with Crippen LogP contribution in [0.15, 0.2) is 0 Å². The highest BCUT2D eigenvalue weighted by Gasteiger charge is 2.12. The first-order chi connectivity index (χ1) is 3.79. The lowest BCUT2D eigenvalue weighted by molar-refractivity contribution is 0.290. The van der Waals surface area contributed by atoms with E-state index in [1.165, 1.54) is 0 Å². The average Bonchev–Trinajstić information content (AvgIpc) is 1.77. The molecule has 0 radical (unpaired) electrons. The van der Waals surface area contributed by atoms with Crippen molar-refractivity contribution in [1.29, 1.82) is 0 Å². The molecule has 0 saturated carbocycles. The predicted molar refractivity (Wildman–Crippen MR) is 31.8 cm³/mol. The molecule has 0 unspecified atom stereocenters. The summed E-state index contributed by atoms with van der Waals surface area (Å²) in [5.41, 5.74) is 9.94. The van der Waals surface area contributed by atoms with E-state index < -0.39 is 0 Å². The van der Waals surface area contributed by atoms with Crippen LogP contribution < -0.4 is 21.7 Å². The van der Waals surface area contributed by atoms with Crippen LogP contribution in [-0.2, 0) is 0 Å². The fraction of sp³-hybridized carbons (Fsp3) is 1.00. The van der Waals surface area contributed by atoms with E-state index in [0.717, 1.165) is 0 Å². The second kappa shape index (κ2) is 2.82. The molecule has 1 aliphatic rings. The van der Waals surface area contributed by atoms with E-state index in [-0.39, 0.29) is 11.2 Å². The molecule has 0 aromatic heterocycles. The van der Waals surface area contributed by atoms with Gasteiger partial charge in [-0.25, -0.2) is 21.7 Å². The SMILES string of the molecule is ClC1NNC(Cl)NN1. The first-order valence-electron chi connectivity index (χ1n) is 2.09. The van der Waals surface area contributed by atoms with Crippen LogP contribution in [0.2, 0.25) is 0 Å². The Labute approximate surface area is 56.8 Å². The molecule has 0 spiro atoms. The quantitative estimate of drug-likeness (QED) is 0.275. The zero-order valence-electron chi connectivity index (χ0n) is 3.91. The maximum absolute atomic E-state index is 5.48. The average molecular weight is 157 g/mol. The minimum Gasteiger partial charge on any atom is -0.224 e. The number of alkyl halides is 2. The Balaban J connectivity index is 2.19. The highest BCUT2D eigenvalue weighted by atomic mass is 35.5. The highest BCUT2D eigenvalue weighted by molar-refractivity contribution is 6.21. The number of halogens is 2. The van der Waals surface area contributed by atoms with E-state index in [4.69, 9.17) is 23.2 Å². The first kappa shape index (κ1) is 6.54. The summed E-state index contributed by atoms with van der Waals surface area (Å²) in [6.07, 6.45) is 0. The van der Waals surface area contributed by atoms with E-state index in [2.05, 4.69) is 21.7 Å². The Hall–Kier alpha value is 0.420. The van der Waals surface area contributed by atoms with Crippen LogP contribution in [0.5, 0.6) is 0 Å². The first-order valence-corrected chi connectivity index (χ1v) is 2.96. The van der Waals surface area contributed by atoms with Crippen molar-refractivity contribution in [3.05, 3.63) is 0 Å². The van der Waals surface area contributed by atoms with Gasteiger partial charge in [0.15, 0.2) is 11.2 Å². The van der Waals surface area contributed by atoms with E-state index in [1.54, 1.807) is 0 Å². The molecule has 4 N–H and O–H groups in total. The summed E-state index contributed by atoms with van der Waals surface area (Å²) >= 11 is 11.0. The summed E-state index contributed by atoms with van der Waals surface area (Å²) < 4.78 is 0. The van der Waals surface area contributed by atoms with Crippen LogP contribution in [0.3, 0.4) is 0 Å². The van der Waals surface area contributed by atoms with Crippen molar-refractivity contribution >= 4 is 23.2 Å². The molecule has 1 aliphatic heterocycles. The topological polar surface area (TPSA) is 48.1 Å². The molecule has 1 fully saturated rings. The van der Waals surface area contributed by atoms with Crippen molar-refractivity contribution in [3.63, 3.8) is 0 Å². The molecule has 0 atom stereocenters. The Bertz CT molecular complexity index is 60.4. The fourth-order valence-corrected chi connectivity index (χ4v) is 0.617. The molecule has 0 aliphatic carbocycles. The van der Waals surface area contributed by atoms with Gasteiger partial charge in [-0.3, -0.25) is 0 Å². The lowest BCUT2D eigenvalue weighted by atomic mass is 11.0. The molecule has 1 rings (SSSR count). The molecule has 6 heteroatoms. The fourth-order valence-electron chi connectivity index (χ4n) is 0.365. The zero-order valence-corrected chi connectivity index (χ0v) is 5.42. The van der Waals surface area contributed by atoms with Gasteiger partial charge in [-0.05, 0) is 0 Å². The zero-order chi connectivity index (χ0) is 5.98. The molecular weight excluding hydrogens is 151 g/mol. The summed E-state index contributed by atoms with van der Waals surface area (Å²) in [5, 5.41) is 0. The summed E-state index contributed by atoms with van der Waals surface area (Å²) in [6, 6.07) is 0. The van der Waals surface area contributed by atoms with Crippen molar-refractivity contribution in [2.75, 3.05) is 0 Å². The number of hydrogen-bond donors (Lipinski definition) is 4. The summed E-state index contributed by atoms with van der Waals surface area (Å²) in [5.74, 6) is 0. The molecule has 1 saturated heterocycles. The van der Waals surface area contributed by atoms with Crippen molar-refractivity contribution < 1.29 is 0 Å². The van der Waals surface area contributed by atoms with Crippen LogP contribution >= 0.6 is 23.2 Å². The van der Waals surface area contributed by atoms with Gasteiger partial charge in [0.25, 0.3) is 0 Å². The van der Waals surface area contributed by atoms with Crippen LogP contribution in [0.4, 0.5) is 0 Å². The van der Waals surface area contributed by atoms with Crippen LogP contribution in [0.1, 0.15) is 0 Å². The van der Waals surface area contributed by atoms with Crippen LogP contribution in [-0.4, -0.2) is 11.2 Å². The number of hydrogen-bond acceptors (Lipinski definition) is 4. The molecule has 0 aromatic rings. The van der Waals surface area contributed by atoms with E-state index >= 15 is 0 Å². The largest absolute Gasteiger partial charge is 0.224 e. The third kappa shape index (κ3) is 1.74. The molecule has 4 nitrogen and oxygen atoms in total. The highest BCUT2D eigenvalue weighted by Crippen LogP contribution is 1.89. The van der Waals surface area contributed by atoms with Crippen molar-refractivity contribution in [2.24, 2.45) is 0 Å². The second-order valence-corrected chi connectivity index (χ2v) is 2.18. The maximum atomic E-state index is 5.48. The minimum atomic E-state index is -0.315. The van der Waals surface area contributed by atoms with Gasteiger partial charge in [0.1, 0.15) is 0 Å². The summed E-state index contributed by atoms with van der Waals surface area (Å²) in [7, 11) is 0. The van der Waals surface area contributed by atoms with Crippen molar-refractivity contribution in [2.45, 2.75) is 11.2 Å². The number of nitrogens with one attached hydrogen (secondary N) is 4. The Morgan fingerprint density at radius 3 is 1.25 bits per heavy atom. The lowest BCUT2D eigenvalue weighted by Gasteiger charge is -2.25. The molecule has 0 aromatic carbocycles. The molecule has 8 heavy (non-hydrogen) atoms. The normalized spacial score (nSPS) is 39.8. The Morgan fingerprint density at radius 1 is 0.750 bits per heavy atom. The van der Waals surface area contributed by atoms with Gasteiger partial charge in [0.05, 0.1) is 0 Å². The van der Waals surface area contributed by atoms with Crippen LogP contribution in [0, 0.1) is 0 Å².